The van der Waals surface area contributed by atoms with Crippen molar-refractivity contribution in [2.45, 2.75) is 18.3 Å². The second-order valence-electron chi connectivity index (χ2n) is 7.14. The quantitative estimate of drug-likeness (QED) is 0.280. The molecule has 0 saturated heterocycles. The summed E-state index contributed by atoms with van der Waals surface area (Å²) in [6.07, 6.45) is -4.65. The van der Waals surface area contributed by atoms with E-state index in [1.54, 1.807) is 0 Å². The van der Waals surface area contributed by atoms with Crippen molar-refractivity contribution in [2.24, 2.45) is 0 Å². The molecular weight excluding hydrogens is 487 g/mol. The molecule has 0 atom stereocenters. The van der Waals surface area contributed by atoms with Gasteiger partial charge in [0.25, 0.3) is 0 Å². The maximum Gasteiger partial charge on any atom is 0.418 e. The van der Waals surface area contributed by atoms with Crippen LogP contribution in [0.3, 0.4) is 0 Å². The topological polar surface area (TPSA) is 56.1 Å². The number of nitrogens with one attached hydrogen (secondary N) is 1. The van der Waals surface area contributed by atoms with E-state index in [1.807, 2.05) is 60.0 Å². The lowest BCUT2D eigenvalue weighted by molar-refractivity contribution is -0.137. The summed E-state index contributed by atoms with van der Waals surface area (Å²) in [6, 6.07) is 18.3. The average molecular weight is 506 g/mol. The summed E-state index contributed by atoms with van der Waals surface area (Å²) < 4.78 is 47.4. The fourth-order valence-electron chi connectivity index (χ4n) is 3.40. The van der Waals surface area contributed by atoms with Gasteiger partial charge in [0.2, 0.25) is 5.91 Å². The van der Waals surface area contributed by atoms with Crippen LogP contribution < -0.4 is 10.1 Å². The van der Waals surface area contributed by atoms with Gasteiger partial charge in [-0.1, -0.05) is 41.6 Å². The maximum absolute atomic E-state index is 13.3. The number of hydrogen-bond acceptors (Lipinski definition) is 4. The summed E-state index contributed by atoms with van der Waals surface area (Å²) in [5, 5.41) is 2.64. The van der Waals surface area contributed by atoms with Crippen LogP contribution in [0.4, 0.5) is 18.9 Å². The number of fused-ring (bicyclic) bond motifs is 1. The van der Waals surface area contributed by atoms with Crippen molar-refractivity contribution in [2.75, 3.05) is 17.7 Å². The number of carbonyl (C=O) groups is 1. The van der Waals surface area contributed by atoms with Gasteiger partial charge in [0.15, 0.2) is 5.16 Å². The molecule has 4 rings (SSSR count). The fraction of sp³-hybridized carbons (Fsp3) is 0.167. The van der Waals surface area contributed by atoms with Gasteiger partial charge in [0.1, 0.15) is 5.75 Å². The number of carbonyl (C=O) groups excluding carboxylic acids is 1. The smallest absolute Gasteiger partial charge is 0.418 e. The first kappa shape index (κ1) is 24.0. The Balaban J connectivity index is 1.59. The summed E-state index contributed by atoms with van der Waals surface area (Å²) in [6.45, 7) is 2.45. The predicted octanol–water partition coefficient (Wildman–Crippen LogP) is 6.83. The molecule has 0 aliphatic rings. The second kappa shape index (κ2) is 9.99. The van der Waals surface area contributed by atoms with Crippen molar-refractivity contribution >= 4 is 46.0 Å². The Kier molecular flexibility index (Phi) is 7.04. The van der Waals surface area contributed by atoms with Gasteiger partial charge in [-0.05, 0) is 55.5 Å². The highest BCUT2D eigenvalue weighted by molar-refractivity contribution is 7.99. The van der Waals surface area contributed by atoms with Gasteiger partial charge in [-0.3, -0.25) is 9.36 Å². The van der Waals surface area contributed by atoms with E-state index in [1.165, 1.54) is 12.1 Å². The zero-order valence-electron chi connectivity index (χ0n) is 17.9. The van der Waals surface area contributed by atoms with Gasteiger partial charge < -0.3 is 10.1 Å². The lowest BCUT2D eigenvalue weighted by Gasteiger charge is -2.15. The number of alkyl halides is 3. The van der Waals surface area contributed by atoms with Crippen LogP contribution in [0.1, 0.15) is 12.5 Å². The Morgan fingerprint density at radius 2 is 1.82 bits per heavy atom. The number of hydrogen-bond donors (Lipinski definition) is 1. The Morgan fingerprint density at radius 1 is 1.09 bits per heavy atom. The standard InChI is InChI=1S/C24H19ClF3N3O2S/c1-2-33-16-12-10-15(11-13-16)31-20-9-4-3-8-19(20)29-23(31)34-14-21(32)30-22-17(24(26,27)28)6-5-7-18(22)25/h3-13H,2,14H2,1H3,(H,30,32). The molecule has 0 spiro atoms. The number of imidazole rings is 1. The normalized spacial score (nSPS) is 11.6. The van der Waals surface area contributed by atoms with Crippen LogP contribution >= 0.6 is 23.4 Å². The largest absolute Gasteiger partial charge is 0.494 e. The molecule has 5 nitrogen and oxygen atoms in total. The minimum Gasteiger partial charge on any atom is -0.494 e. The van der Waals surface area contributed by atoms with Crippen LogP contribution in [0.25, 0.3) is 16.7 Å². The summed E-state index contributed by atoms with van der Waals surface area (Å²) in [5.74, 6) is -0.0681. The minimum absolute atomic E-state index is 0.164. The molecule has 176 valence electrons. The van der Waals surface area contributed by atoms with Gasteiger partial charge in [0, 0.05) is 5.69 Å². The summed E-state index contributed by atoms with van der Waals surface area (Å²) in [4.78, 5) is 17.2. The molecule has 4 aromatic rings. The number of nitrogens with zero attached hydrogens (tertiary/aromatic N) is 2. The molecule has 34 heavy (non-hydrogen) atoms. The second-order valence-corrected chi connectivity index (χ2v) is 8.49. The van der Waals surface area contributed by atoms with E-state index in [4.69, 9.17) is 16.3 Å². The highest BCUT2D eigenvalue weighted by Gasteiger charge is 2.34. The van der Waals surface area contributed by atoms with Crippen molar-refractivity contribution in [3.05, 3.63) is 77.3 Å². The number of rotatable bonds is 7. The van der Waals surface area contributed by atoms with Crippen LogP contribution in [-0.4, -0.2) is 27.8 Å². The number of thioether (sulfide) groups is 1. The van der Waals surface area contributed by atoms with Gasteiger partial charge in [-0.2, -0.15) is 13.2 Å². The number of amides is 1. The molecule has 1 N–H and O–H groups in total. The highest BCUT2D eigenvalue weighted by Crippen LogP contribution is 2.38. The van der Waals surface area contributed by atoms with Crippen LogP contribution in [-0.2, 0) is 11.0 Å². The Hall–Kier alpha value is -3.17. The highest BCUT2D eigenvalue weighted by atomic mass is 35.5. The zero-order valence-corrected chi connectivity index (χ0v) is 19.5. The number of ether oxygens (including phenoxy) is 1. The Morgan fingerprint density at radius 3 is 2.53 bits per heavy atom. The molecular formula is C24H19ClF3N3O2S. The van der Waals surface area contributed by atoms with Crippen molar-refractivity contribution in [1.29, 1.82) is 0 Å². The lowest BCUT2D eigenvalue weighted by atomic mass is 10.1. The van der Waals surface area contributed by atoms with Crippen molar-refractivity contribution in [3.63, 3.8) is 0 Å². The van der Waals surface area contributed by atoms with Crippen molar-refractivity contribution in [1.82, 2.24) is 9.55 Å². The van der Waals surface area contributed by atoms with Crippen molar-refractivity contribution < 1.29 is 22.7 Å². The number of anilines is 1. The molecule has 1 heterocycles. The van der Waals surface area contributed by atoms with Gasteiger partial charge >= 0.3 is 6.18 Å². The molecule has 0 radical (unpaired) electrons. The van der Waals surface area contributed by atoms with Gasteiger partial charge in [-0.25, -0.2) is 4.98 Å². The van der Waals surface area contributed by atoms with Gasteiger partial charge in [0.05, 0.1) is 39.7 Å². The summed E-state index contributed by atoms with van der Waals surface area (Å²) in [7, 11) is 0. The first-order valence-electron chi connectivity index (χ1n) is 10.3. The summed E-state index contributed by atoms with van der Waals surface area (Å²) in [5.41, 5.74) is 0.914. The van der Waals surface area contributed by atoms with Crippen molar-refractivity contribution in [3.8, 4) is 11.4 Å². The van der Waals surface area contributed by atoms with E-state index in [2.05, 4.69) is 10.3 Å². The van der Waals surface area contributed by atoms with Crippen LogP contribution in [0.5, 0.6) is 5.75 Å². The number of aromatic nitrogens is 2. The van der Waals surface area contributed by atoms with E-state index in [9.17, 15) is 18.0 Å². The molecule has 0 unspecified atom stereocenters. The third kappa shape index (κ3) is 5.15. The summed E-state index contributed by atoms with van der Waals surface area (Å²) >= 11 is 7.06. The Bertz CT molecular complexity index is 1320. The number of para-hydroxylation sites is 3. The molecule has 0 saturated carbocycles. The van der Waals surface area contributed by atoms with Gasteiger partial charge in [-0.15, -0.1) is 0 Å². The molecule has 1 aromatic heterocycles. The van der Waals surface area contributed by atoms with Crippen LogP contribution in [0, 0.1) is 0 Å². The van der Waals surface area contributed by atoms with E-state index in [-0.39, 0.29) is 10.8 Å². The lowest BCUT2D eigenvalue weighted by Crippen LogP contribution is -2.18. The maximum atomic E-state index is 13.3. The van der Waals surface area contributed by atoms with E-state index < -0.39 is 23.3 Å². The monoisotopic (exact) mass is 505 g/mol. The zero-order chi connectivity index (χ0) is 24.3. The first-order valence-corrected chi connectivity index (χ1v) is 11.6. The molecule has 3 aromatic carbocycles. The molecule has 0 aliphatic carbocycles. The van der Waals surface area contributed by atoms with Crippen LogP contribution in [0.15, 0.2) is 71.9 Å². The third-order valence-corrected chi connectivity index (χ3v) is 6.11. The molecule has 0 aliphatic heterocycles. The van der Waals surface area contributed by atoms with E-state index >= 15 is 0 Å². The SMILES string of the molecule is CCOc1ccc(-n2c(SCC(=O)Nc3c(Cl)cccc3C(F)(F)F)nc3ccccc32)cc1. The van der Waals surface area contributed by atoms with E-state index in [0.29, 0.717) is 11.8 Å². The van der Waals surface area contributed by atoms with E-state index in [0.717, 1.165) is 40.3 Å². The molecule has 0 fully saturated rings. The predicted molar refractivity (Wildman–Crippen MR) is 128 cm³/mol. The Labute approximate surface area is 202 Å². The fourth-order valence-corrected chi connectivity index (χ4v) is 4.45. The molecule has 10 heteroatoms. The first-order chi connectivity index (χ1) is 16.3. The number of halogens is 4. The third-order valence-electron chi connectivity index (χ3n) is 4.85. The average Bonchev–Trinajstić information content (AvgIpc) is 3.17. The number of benzene rings is 3. The molecule has 1 amide bonds. The molecule has 0 bridgehead atoms. The van der Waals surface area contributed by atoms with Crippen LogP contribution in [0.2, 0.25) is 5.02 Å². The minimum atomic E-state index is -4.65.